The van der Waals surface area contributed by atoms with Gasteiger partial charge in [0.05, 0.1) is 0 Å². The zero-order valence-electron chi connectivity index (χ0n) is 10.9. The van der Waals surface area contributed by atoms with Crippen LogP contribution in [-0.2, 0) is 4.79 Å². The molecule has 0 spiro atoms. The molecule has 0 saturated carbocycles. The predicted octanol–water partition coefficient (Wildman–Crippen LogP) is 3.10. The topological polar surface area (TPSA) is 41.1 Å². The van der Waals surface area contributed by atoms with E-state index >= 15 is 0 Å². The molecule has 17 heavy (non-hydrogen) atoms. The second-order valence-electron chi connectivity index (χ2n) is 4.20. The molecule has 0 saturated heterocycles. The lowest BCUT2D eigenvalue weighted by atomic mass is 10.1. The lowest BCUT2D eigenvalue weighted by Gasteiger charge is -2.14. The van der Waals surface area contributed by atoms with E-state index in [0.717, 1.165) is 18.7 Å². The van der Waals surface area contributed by atoms with Crippen LogP contribution in [0.3, 0.4) is 0 Å². The average Bonchev–Trinajstić information content (AvgIpc) is 2.36. The van der Waals surface area contributed by atoms with E-state index in [4.69, 9.17) is 0 Å². The van der Waals surface area contributed by atoms with E-state index in [1.54, 1.807) is 0 Å². The van der Waals surface area contributed by atoms with E-state index < -0.39 is 0 Å². The van der Waals surface area contributed by atoms with Crippen molar-refractivity contribution in [1.29, 1.82) is 0 Å². The van der Waals surface area contributed by atoms with Crippen LogP contribution in [0.1, 0.15) is 45.2 Å². The van der Waals surface area contributed by atoms with Gasteiger partial charge in [-0.3, -0.25) is 4.79 Å². The van der Waals surface area contributed by atoms with E-state index in [1.165, 1.54) is 5.56 Å². The molecule has 3 heteroatoms. The van der Waals surface area contributed by atoms with Gasteiger partial charge in [-0.05, 0) is 37.6 Å². The summed E-state index contributed by atoms with van der Waals surface area (Å²) >= 11 is 0. The van der Waals surface area contributed by atoms with Crippen molar-refractivity contribution in [3.8, 4) is 0 Å². The number of nitrogens with one attached hydrogen (secondary N) is 2. The van der Waals surface area contributed by atoms with Gasteiger partial charge in [-0.1, -0.05) is 26.0 Å². The summed E-state index contributed by atoms with van der Waals surface area (Å²) in [6.07, 6.45) is 1.63. The first-order valence-corrected chi connectivity index (χ1v) is 6.30. The van der Waals surface area contributed by atoms with E-state index in [1.807, 2.05) is 25.1 Å². The van der Waals surface area contributed by atoms with E-state index in [2.05, 4.69) is 30.5 Å². The van der Waals surface area contributed by atoms with Gasteiger partial charge in [0.25, 0.3) is 0 Å². The third kappa shape index (κ3) is 4.57. The standard InChI is InChI=1S/C14H22N2O/c1-4-9-15-11(3)12-7-6-8-13(10-12)16-14(17)5-2/h6-8,10-11,15H,4-5,9H2,1-3H3,(H,16,17). The number of rotatable bonds is 6. The highest BCUT2D eigenvalue weighted by Gasteiger charge is 2.05. The highest BCUT2D eigenvalue weighted by molar-refractivity contribution is 5.90. The zero-order chi connectivity index (χ0) is 12.7. The summed E-state index contributed by atoms with van der Waals surface area (Å²) in [4.78, 5) is 11.3. The third-order valence-corrected chi connectivity index (χ3v) is 2.69. The molecule has 1 aromatic rings. The summed E-state index contributed by atoms with van der Waals surface area (Å²) in [7, 11) is 0. The van der Waals surface area contributed by atoms with Gasteiger partial charge in [-0.25, -0.2) is 0 Å². The minimum absolute atomic E-state index is 0.0521. The van der Waals surface area contributed by atoms with Gasteiger partial charge in [0.2, 0.25) is 5.91 Å². The maximum absolute atomic E-state index is 11.3. The first-order chi connectivity index (χ1) is 8.17. The van der Waals surface area contributed by atoms with Gasteiger partial charge in [-0.2, -0.15) is 0 Å². The van der Waals surface area contributed by atoms with Crippen LogP contribution in [0, 0.1) is 0 Å². The molecule has 1 rings (SSSR count). The van der Waals surface area contributed by atoms with Crippen molar-refractivity contribution in [3.05, 3.63) is 29.8 Å². The van der Waals surface area contributed by atoms with Gasteiger partial charge in [0.1, 0.15) is 0 Å². The Morgan fingerprint density at radius 2 is 2.12 bits per heavy atom. The van der Waals surface area contributed by atoms with Gasteiger partial charge < -0.3 is 10.6 Å². The molecular weight excluding hydrogens is 212 g/mol. The van der Waals surface area contributed by atoms with Gasteiger partial charge >= 0.3 is 0 Å². The van der Waals surface area contributed by atoms with Crippen molar-refractivity contribution >= 4 is 11.6 Å². The van der Waals surface area contributed by atoms with Crippen molar-refractivity contribution in [2.75, 3.05) is 11.9 Å². The highest BCUT2D eigenvalue weighted by Crippen LogP contribution is 2.17. The SMILES string of the molecule is CCCNC(C)c1cccc(NC(=O)CC)c1. The molecule has 0 radical (unpaired) electrons. The van der Waals surface area contributed by atoms with Crippen LogP contribution in [0.25, 0.3) is 0 Å². The van der Waals surface area contributed by atoms with Crippen molar-refractivity contribution < 1.29 is 4.79 Å². The first-order valence-electron chi connectivity index (χ1n) is 6.30. The van der Waals surface area contributed by atoms with Crippen LogP contribution in [0.2, 0.25) is 0 Å². The molecule has 0 heterocycles. The van der Waals surface area contributed by atoms with Gasteiger partial charge in [0, 0.05) is 18.2 Å². The maximum Gasteiger partial charge on any atom is 0.224 e. The Kier molecular flexibility index (Phi) is 5.70. The van der Waals surface area contributed by atoms with E-state index in [9.17, 15) is 4.79 Å². The molecule has 1 atom stereocenters. The number of benzene rings is 1. The average molecular weight is 234 g/mol. The van der Waals surface area contributed by atoms with Gasteiger partial charge in [-0.15, -0.1) is 0 Å². The summed E-state index contributed by atoms with van der Waals surface area (Å²) in [6.45, 7) is 7.14. The lowest BCUT2D eigenvalue weighted by Crippen LogP contribution is -2.19. The molecule has 1 aromatic carbocycles. The monoisotopic (exact) mass is 234 g/mol. The molecule has 0 aliphatic rings. The Hall–Kier alpha value is -1.35. The number of carbonyl (C=O) groups excluding carboxylic acids is 1. The number of hydrogen-bond acceptors (Lipinski definition) is 2. The minimum Gasteiger partial charge on any atom is -0.326 e. The van der Waals surface area contributed by atoms with Crippen LogP contribution in [0.4, 0.5) is 5.69 Å². The number of amides is 1. The first kappa shape index (κ1) is 13.7. The van der Waals surface area contributed by atoms with Crippen molar-refractivity contribution in [2.24, 2.45) is 0 Å². The maximum atomic E-state index is 11.3. The molecule has 1 amide bonds. The third-order valence-electron chi connectivity index (χ3n) is 2.69. The predicted molar refractivity (Wildman–Crippen MR) is 72.1 cm³/mol. The van der Waals surface area contributed by atoms with Crippen molar-refractivity contribution in [3.63, 3.8) is 0 Å². The van der Waals surface area contributed by atoms with Crippen LogP contribution >= 0.6 is 0 Å². The summed E-state index contributed by atoms with van der Waals surface area (Å²) in [5, 5.41) is 6.31. The van der Waals surface area contributed by atoms with Crippen LogP contribution in [0.5, 0.6) is 0 Å². The van der Waals surface area contributed by atoms with Crippen molar-refractivity contribution in [2.45, 2.75) is 39.7 Å². The Balaban J connectivity index is 2.67. The van der Waals surface area contributed by atoms with E-state index in [-0.39, 0.29) is 5.91 Å². The number of carbonyl (C=O) groups is 1. The number of anilines is 1. The zero-order valence-corrected chi connectivity index (χ0v) is 10.9. The van der Waals surface area contributed by atoms with E-state index in [0.29, 0.717) is 12.5 Å². The number of hydrogen-bond donors (Lipinski definition) is 2. The quantitative estimate of drug-likeness (QED) is 0.794. The Bertz CT molecular complexity index is 363. The fraction of sp³-hybridized carbons (Fsp3) is 0.500. The molecule has 0 aliphatic carbocycles. The summed E-state index contributed by atoms with van der Waals surface area (Å²) in [5.41, 5.74) is 2.08. The molecular formula is C14H22N2O. The summed E-state index contributed by atoms with van der Waals surface area (Å²) < 4.78 is 0. The lowest BCUT2D eigenvalue weighted by molar-refractivity contribution is -0.115. The van der Waals surface area contributed by atoms with Gasteiger partial charge in [0.15, 0.2) is 0 Å². The van der Waals surface area contributed by atoms with Crippen LogP contribution in [-0.4, -0.2) is 12.5 Å². The Morgan fingerprint density at radius 1 is 1.35 bits per heavy atom. The van der Waals surface area contributed by atoms with Crippen LogP contribution < -0.4 is 10.6 Å². The minimum atomic E-state index is 0.0521. The molecule has 0 fully saturated rings. The largest absolute Gasteiger partial charge is 0.326 e. The molecule has 1 unspecified atom stereocenters. The second-order valence-corrected chi connectivity index (χ2v) is 4.20. The Morgan fingerprint density at radius 3 is 2.76 bits per heavy atom. The molecule has 0 aliphatic heterocycles. The summed E-state index contributed by atoms with van der Waals surface area (Å²) in [5.74, 6) is 0.0521. The molecule has 0 bridgehead atoms. The Labute approximate surface area is 104 Å². The molecule has 0 aromatic heterocycles. The smallest absolute Gasteiger partial charge is 0.224 e. The van der Waals surface area contributed by atoms with Crippen LogP contribution in [0.15, 0.2) is 24.3 Å². The molecule has 94 valence electrons. The van der Waals surface area contributed by atoms with Crippen molar-refractivity contribution in [1.82, 2.24) is 5.32 Å². The molecule has 3 nitrogen and oxygen atoms in total. The molecule has 2 N–H and O–H groups in total. The highest BCUT2D eigenvalue weighted by atomic mass is 16.1. The fourth-order valence-corrected chi connectivity index (χ4v) is 1.61. The summed E-state index contributed by atoms with van der Waals surface area (Å²) in [6, 6.07) is 8.32. The second kappa shape index (κ2) is 7.07. The fourth-order valence-electron chi connectivity index (χ4n) is 1.61. The normalized spacial score (nSPS) is 12.2.